The van der Waals surface area contributed by atoms with Gasteiger partial charge in [-0.1, -0.05) is 13.8 Å². The minimum atomic E-state index is -0.282. The second-order valence-electron chi connectivity index (χ2n) is 5.81. The van der Waals surface area contributed by atoms with Gasteiger partial charge in [-0.05, 0) is 38.0 Å². The molecule has 0 saturated heterocycles. The normalized spacial score (nSPS) is 26.2. The average molecular weight is 279 g/mol. The van der Waals surface area contributed by atoms with Crippen LogP contribution >= 0.6 is 0 Å². The van der Waals surface area contributed by atoms with Gasteiger partial charge in [0.05, 0.1) is 18.8 Å². The molecule has 0 amide bonds. The quantitative estimate of drug-likeness (QED) is 0.838. The van der Waals surface area contributed by atoms with E-state index >= 15 is 0 Å². The molecule has 1 fully saturated rings. The van der Waals surface area contributed by atoms with E-state index in [1.165, 1.54) is 0 Å². The van der Waals surface area contributed by atoms with E-state index in [2.05, 4.69) is 29.1 Å². The predicted molar refractivity (Wildman–Crippen MR) is 78.9 cm³/mol. The maximum atomic E-state index is 9.75. The fourth-order valence-corrected chi connectivity index (χ4v) is 2.56. The van der Waals surface area contributed by atoms with Gasteiger partial charge in [0.1, 0.15) is 0 Å². The van der Waals surface area contributed by atoms with Crippen LogP contribution in [0.1, 0.15) is 46.0 Å². The summed E-state index contributed by atoms with van der Waals surface area (Å²) in [6.07, 6.45) is 6.80. The molecule has 0 spiro atoms. The van der Waals surface area contributed by atoms with Gasteiger partial charge in [-0.15, -0.1) is 0 Å². The van der Waals surface area contributed by atoms with Crippen molar-refractivity contribution in [2.24, 2.45) is 5.92 Å². The highest BCUT2D eigenvalue weighted by Gasteiger charge is 2.34. The Bertz CT molecular complexity index is 417. The van der Waals surface area contributed by atoms with Crippen molar-refractivity contribution in [3.63, 3.8) is 0 Å². The van der Waals surface area contributed by atoms with Crippen LogP contribution in [0.4, 0.5) is 5.95 Å². The van der Waals surface area contributed by atoms with Crippen molar-refractivity contribution < 1.29 is 9.84 Å². The monoisotopic (exact) mass is 279 g/mol. The van der Waals surface area contributed by atoms with Crippen molar-refractivity contribution in [1.82, 2.24) is 9.97 Å². The van der Waals surface area contributed by atoms with Crippen LogP contribution in [0.15, 0.2) is 12.3 Å². The molecule has 0 unspecified atom stereocenters. The number of rotatable bonds is 6. The number of hydrogen-bond donors (Lipinski definition) is 2. The van der Waals surface area contributed by atoms with Gasteiger partial charge in [-0.25, -0.2) is 4.98 Å². The number of nitrogens with zero attached hydrogens (tertiary/aromatic N) is 2. The van der Waals surface area contributed by atoms with Crippen molar-refractivity contribution in [2.45, 2.75) is 51.5 Å². The molecule has 1 aliphatic carbocycles. The highest BCUT2D eigenvalue weighted by molar-refractivity contribution is 5.32. The first-order chi connectivity index (χ1) is 9.67. The number of aliphatic hydroxyl groups excluding tert-OH is 1. The van der Waals surface area contributed by atoms with E-state index in [9.17, 15) is 5.11 Å². The first kappa shape index (κ1) is 15.0. The molecule has 1 heterocycles. The highest BCUT2D eigenvalue weighted by atomic mass is 16.5. The van der Waals surface area contributed by atoms with Crippen LogP contribution in [0.25, 0.3) is 0 Å². The molecule has 2 N–H and O–H groups in total. The van der Waals surface area contributed by atoms with Gasteiger partial charge < -0.3 is 15.2 Å². The van der Waals surface area contributed by atoms with Gasteiger partial charge >= 0.3 is 0 Å². The Labute approximate surface area is 120 Å². The largest absolute Gasteiger partial charge is 0.478 e. The summed E-state index contributed by atoms with van der Waals surface area (Å²) in [5.41, 5.74) is -0.282. The average Bonchev–Trinajstić information content (AvgIpc) is 2.48. The summed E-state index contributed by atoms with van der Waals surface area (Å²) in [7, 11) is 0. The summed E-state index contributed by atoms with van der Waals surface area (Å²) in [6.45, 7) is 5.09. The molecule has 1 saturated carbocycles. The van der Waals surface area contributed by atoms with Gasteiger partial charge in [0.15, 0.2) is 0 Å². The maximum Gasteiger partial charge on any atom is 0.226 e. The lowest BCUT2D eigenvalue weighted by molar-refractivity contribution is 0.154. The molecule has 0 radical (unpaired) electrons. The molecule has 1 aromatic rings. The summed E-state index contributed by atoms with van der Waals surface area (Å²) in [6, 6.07) is 1.76. The molecule has 5 heteroatoms. The lowest BCUT2D eigenvalue weighted by Gasteiger charge is -2.38. The molecule has 1 aliphatic rings. The molecule has 0 aliphatic heterocycles. The molecule has 20 heavy (non-hydrogen) atoms. The zero-order valence-corrected chi connectivity index (χ0v) is 12.4. The molecule has 0 atom stereocenters. The van der Waals surface area contributed by atoms with Crippen LogP contribution in [0.3, 0.4) is 0 Å². The van der Waals surface area contributed by atoms with Crippen molar-refractivity contribution in [3.05, 3.63) is 12.3 Å². The number of ether oxygens (including phenoxy) is 1. The van der Waals surface area contributed by atoms with Crippen LogP contribution in [-0.4, -0.2) is 33.8 Å². The molecular formula is C15H25N3O2. The minimum Gasteiger partial charge on any atom is -0.478 e. The highest BCUT2D eigenvalue weighted by Crippen LogP contribution is 2.33. The van der Waals surface area contributed by atoms with Gasteiger partial charge in [0.2, 0.25) is 11.8 Å². The van der Waals surface area contributed by atoms with Crippen molar-refractivity contribution >= 4 is 5.95 Å². The van der Waals surface area contributed by atoms with E-state index in [-0.39, 0.29) is 12.1 Å². The van der Waals surface area contributed by atoms with Crippen molar-refractivity contribution in [2.75, 3.05) is 18.5 Å². The number of aliphatic hydroxyl groups is 1. The SMILES string of the molecule is CCCOc1ccnc(NC2(CO)CCC(C)CC2)n1. The third-order valence-electron chi connectivity index (χ3n) is 4.00. The van der Waals surface area contributed by atoms with E-state index in [0.717, 1.165) is 38.0 Å². The number of nitrogens with one attached hydrogen (secondary N) is 1. The fraction of sp³-hybridized carbons (Fsp3) is 0.733. The van der Waals surface area contributed by atoms with Crippen LogP contribution in [0, 0.1) is 5.92 Å². The van der Waals surface area contributed by atoms with Crippen molar-refractivity contribution in [1.29, 1.82) is 0 Å². The van der Waals surface area contributed by atoms with Gasteiger partial charge in [-0.3, -0.25) is 0 Å². The summed E-state index contributed by atoms with van der Waals surface area (Å²) in [5, 5.41) is 13.1. The first-order valence-electron chi connectivity index (χ1n) is 7.52. The fourth-order valence-electron chi connectivity index (χ4n) is 2.56. The predicted octanol–water partition coefficient (Wildman–Crippen LogP) is 2.62. The smallest absolute Gasteiger partial charge is 0.226 e. The maximum absolute atomic E-state index is 9.75. The third kappa shape index (κ3) is 3.82. The molecule has 2 rings (SSSR count). The van der Waals surface area contributed by atoms with E-state index < -0.39 is 0 Å². The van der Waals surface area contributed by atoms with Gasteiger partial charge in [-0.2, -0.15) is 4.98 Å². The number of hydrogen-bond acceptors (Lipinski definition) is 5. The minimum absolute atomic E-state index is 0.114. The van der Waals surface area contributed by atoms with E-state index in [1.54, 1.807) is 12.3 Å². The topological polar surface area (TPSA) is 67.3 Å². The molecule has 0 aromatic carbocycles. The Morgan fingerprint density at radius 3 is 2.85 bits per heavy atom. The Balaban J connectivity index is 2.03. The van der Waals surface area contributed by atoms with E-state index in [1.807, 2.05) is 0 Å². The van der Waals surface area contributed by atoms with E-state index in [4.69, 9.17) is 4.74 Å². The number of anilines is 1. The standard InChI is InChI=1S/C15H25N3O2/c1-3-10-20-13-6-9-16-14(17-13)18-15(11-19)7-4-12(2)5-8-15/h6,9,12,19H,3-5,7-8,10-11H2,1-2H3,(H,16,17,18). The Kier molecular flexibility index (Phi) is 5.17. The van der Waals surface area contributed by atoms with E-state index in [0.29, 0.717) is 18.4 Å². The van der Waals surface area contributed by atoms with Crippen molar-refractivity contribution in [3.8, 4) is 5.88 Å². The molecule has 112 valence electrons. The summed E-state index contributed by atoms with van der Waals surface area (Å²) >= 11 is 0. The van der Waals surface area contributed by atoms with Crippen LogP contribution in [0.5, 0.6) is 5.88 Å². The van der Waals surface area contributed by atoms with Crippen LogP contribution in [0.2, 0.25) is 0 Å². The summed E-state index contributed by atoms with van der Waals surface area (Å²) in [5.74, 6) is 1.86. The second kappa shape index (κ2) is 6.88. The Morgan fingerprint density at radius 1 is 1.45 bits per heavy atom. The molecular weight excluding hydrogens is 254 g/mol. The number of aromatic nitrogens is 2. The van der Waals surface area contributed by atoms with Gasteiger partial charge in [0.25, 0.3) is 0 Å². The van der Waals surface area contributed by atoms with Gasteiger partial charge in [0, 0.05) is 12.3 Å². The second-order valence-corrected chi connectivity index (χ2v) is 5.81. The zero-order valence-electron chi connectivity index (χ0n) is 12.4. The summed E-state index contributed by atoms with van der Waals surface area (Å²) < 4.78 is 5.51. The molecule has 1 aromatic heterocycles. The molecule has 5 nitrogen and oxygen atoms in total. The Morgan fingerprint density at radius 2 is 2.20 bits per heavy atom. The van der Waals surface area contributed by atoms with Crippen LogP contribution < -0.4 is 10.1 Å². The first-order valence-corrected chi connectivity index (χ1v) is 7.52. The lowest BCUT2D eigenvalue weighted by atomic mass is 9.77. The zero-order chi connectivity index (χ0) is 14.4. The lowest BCUT2D eigenvalue weighted by Crippen LogP contribution is -2.45. The third-order valence-corrected chi connectivity index (χ3v) is 4.00. The Hall–Kier alpha value is -1.36. The molecule has 0 bridgehead atoms. The summed E-state index contributed by atoms with van der Waals surface area (Å²) in [4.78, 5) is 8.60. The van der Waals surface area contributed by atoms with Crippen LogP contribution in [-0.2, 0) is 0 Å².